The average molecular weight is 364 g/mol. The monoisotopic (exact) mass is 363 g/mol. The van der Waals surface area contributed by atoms with Gasteiger partial charge in [0.15, 0.2) is 0 Å². The molecule has 24 heavy (non-hydrogen) atoms. The van der Waals surface area contributed by atoms with Crippen molar-refractivity contribution in [2.24, 2.45) is 10.9 Å². The molecule has 128 valence electrons. The van der Waals surface area contributed by atoms with Crippen molar-refractivity contribution in [1.29, 1.82) is 0 Å². The zero-order chi connectivity index (χ0) is 15.4. The number of hydrogen-bond donors (Lipinski definition) is 1. The summed E-state index contributed by atoms with van der Waals surface area (Å²) in [6, 6.07) is 6.47. The van der Waals surface area contributed by atoms with Crippen LogP contribution in [0.2, 0.25) is 0 Å². The minimum atomic E-state index is -0.0427. The number of rotatable bonds is 1. The first-order valence-corrected chi connectivity index (χ1v) is 9.32. The third kappa shape index (κ3) is 2.54. The highest BCUT2D eigenvalue weighted by Crippen LogP contribution is 2.42. The highest BCUT2D eigenvalue weighted by atomic mass is 35.5. The first-order chi connectivity index (χ1) is 11.2. The Morgan fingerprint density at radius 1 is 1.33 bits per heavy atom. The van der Waals surface area contributed by atoms with Gasteiger partial charge in [0.05, 0.1) is 5.69 Å². The van der Waals surface area contributed by atoms with Gasteiger partial charge in [0, 0.05) is 17.7 Å². The molecule has 1 atom stereocenters. The van der Waals surface area contributed by atoms with Crippen LogP contribution < -0.4 is 5.48 Å². The van der Waals surface area contributed by atoms with Crippen LogP contribution in [0.25, 0.3) is 10.1 Å². The maximum absolute atomic E-state index is 6.07. The van der Waals surface area contributed by atoms with Gasteiger partial charge in [-0.25, -0.2) is 4.99 Å². The fourth-order valence-corrected chi connectivity index (χ4v) is 5.37. The topological polar surface area (TPSA) is 36.9 Å². The number of nitrogens with zero attached hydrogens (tertiary/aromatic N) is 2. The van der Waals surface area contributed by atoms with Crippen molar-refractivity contribution in [1.82, 2.24) is 10.4 Å². The molecule has 1 spiro atoms. The smallest absolute Gasteiger partial charge is 0.129 e. The summed E-state index contributed by atoms with van der Waals surface area (Å²) >= 11 is 1.79. The molecule has 1 aromatic heterocycles. The summed E-state index contributed by atoms with van der Waals surface area (Å²) in [5, 5.41) is 3.55. The molecule has 0 amide bonds. The summed E-state index contributed by atoms with van der Waals surface area (Å²) in [5.74, 6) is 1.65. The van der Waals surface area contributed by atoms with Gasteiger partial charge in [-0.3, -0.25) is 10.3 Å². The largest absolute Gasteiger partial charge is 0.300 e. The minimum absolute atomic E-state index is 0. The first-order valence-electron chi connectivity index (χ1n) is 8.44. The van der Waals surface area contributed by atoms with E-state index in [2.05, 4.69) is 40.9 Å². The molecule has 4 aliphatic heterocycles. The Bertz CT molecular complexity index is 797. The first kappa shape index (κ1) is 16.3. The van der Waals surface area contributed by atoms with Crippen molar-refractivity contribution in [2.75, 3.05) is 19.6 Å². The van der Waals surface area contributed by atoms with Gasteiger partial charge in [-0.2, -0.15) is 0 Å². The molecule has 1 N–H and O–H groups in total. The molecule has 4 aliphatic rings. The van der Waals surface area contributed by atoms with Crippen LogP contribution in [0.15, 0.2) is 28.6 Å². The van der Waals surface area contributed by atoms with Gasteiger partial charge >= 0.3 is 0 Å². The van der Waals surface area contributed by atoms with E-state index in [9.17, 15) is 0 Å². The standard InChI is InChI=1S/C18H21N3OS.ClH/c1-12-10-23-16-8-14(2-3-15(12)16)19-17-9-18(22-20-17)11-21-6-4-13(18)5-7-21;/h2-3,8,10,13H,4-7,9,11H2,1H3,(H,19,20);1H/t18-;/m0./s1. The summed E-state index contributed by atoms with van der Waals surface area (Å²) in [5.41, 5.74) is 5.45. The van der Waals surface area contributed by atoms with Gasteiger partial charge in [-0.15, -0.1) is 23.7 Å². The second-order valence-corrected chi connectivity index (χ2v) is 8.07. The third-order valence-corrected chi connectivity index (χ3v) is 6.74. The molecule has 6 heteroatoms. The van der Waals surface area contributed by atoms with Crippen LogP contribution in [0.5, 0.6) is 0 Å². The van der Waals surface area contributed by atoms with Gasteiger partial charge in [0.1, 0.15) is 11.4 Å². The number of hydroxylamine groups is 1. The van der Waals surface area contributed by atoms with Crippen LogP contribution in [0.3, 0.4) is 0 Å². The van der Waals surface area contributed by atoms with E-state index < -0.39 is 0 Å². The Kier molecular flexibility index (Phi) is 4.07. The van der Waals surface area contributed by atoms with Crippen molar-refractivity contribution in [3.63, 3.8) is 0 Å². The number of aliphatic imine (C=N–C) groups is 1. The van der Waals surface area contributed by atoms with Crippen LogP contribution >= 0.6 is 23.7 Å². The number of amidine groups is 1. The highest BCUT2D eigenvalue weighted by Gasteiger charge is 2.52. The van der Waals surface area contributed by atoms with E-state index >= 15 is 0 Å². The lowest BCUT2D eigenvalue weighted by molar-refractivity contribution is -0.150. The summed E-state index contributed by atoms with van der Waals surface area (Å²) in [4.78, 5) is 13.4. The molecule has 2 aromatic rings. The highest BCUT2D eigenvalue weighted by molar-refractivity contribution is 7.17. The lowest BCUT2D eigenvalue weighted by Crippen LogP contribution is -2.59. The summed E-state index contributed by atoms with van der Waals surface area (Å²) < 4.78 is 1.31. The van der Waals surface area contributed by atoms with Crippen LogP contribution in [0.4, 0.5) is 5.69 Å². The lowest BCUT2D eigenvalue weighted by Gasteiger charge is -2.49. The van der Waals surface area contributed by atoms with E-state index in [0.29, 0.717) is 5.92 Å². The zero-order valence-electron chi connectivity index (χ0n) is 13.7. The molecule has 1 aromatic carbocycles. The molecular formula is C18H22ClN3OS. The molecule has 6 rings (SSSR count). The Hall–Kier alpha value is -1.14. The van der Waals surface area contributed by atoms with Gasteiger partial charge < -0.3 is 4.90 Å². The predicted molar refractivity (Wildman–Crippen MR) is 102 cm³/mol. The number of nitrogens with one attached hydrogen (secondary N) is 1. The number of thiophene rings is 1. The van der Waals surface area contributed by atoms with E-state index in [4.69, 9.17) is 9.83 Å². The van der Waals surface area contributed by atoms with E-state index in [-0.39, 0.29) is 18.0 Å². The minimum Gasteiger partial charge on any atom is -0.300 e. The number of fused-ring (bicyclic) bond motifs is 3. The van der Waals surface area contributed by atoms with Crippen LogP contribution in [0.1, 0.15) is 24.8 Å². The van der Waals surface area contributed by atoms with Gasteiger partial charge in [-0.05, 0) is 67.2 Å². The van der Waals surface area contributed by atoms with Crippen LogP contribution in [-0.2, 0) is 4.84 Å². The molecule has 2 bridgehead atoms. The van der Waals surface area contributed by atoms with Crippen molar-refractivity contribution < 1.29 is 4.84 Å². The number of hydrogen-bond acceptors (Lipinski definition) is 4. The molecular weight excluding hydrogens is 342 g/mol. The third-order valence-electron chi connectivity index (χ3n) is 5.68. The summed E-state index contributed by atoms with van der Waals surface area (Å²) in [7, 11) is 0. The zero-order valence-corrected chi connectivity index (χ0v) is 15.4. The molecule has 0 saturated carbocycles. The predicted octanol–water partition coefficient (Wildman–Crippen LogP) is 4.05. The van der Waals surface area contributed by atoms with Gasteiger partial charge in [0.2, 0.25) is 0 Å². The second kappa shape index (κ2) is 5.99. The van der Waals surface area contributed by atoms with Crippen molar-refractivity contribution in [3.05, 3.63) is 29.1 Å². The average Bonchev–Trinajstić information content (AvgIpc) is 3.13. The number of benzene rings is 1. The fourth-order valence-electron chi connectivity index (χ4n) is 4.39. The fraction of sp³-hybridized carbons (Fsp3) is 0.500. The van der Waals surface area contributed by atoms with E-state index in [1.54, 1.807) is 11.3 Å². The second-order valence-electron chi connectivity index (χ2n) is 7.15. The molecule has 4 nitrogen and oxygen atoms in total. The summed E-state index contributed by atoms with van der Waals surface area (Å²) in [6.45, 7) is 5.67. The maximum Gasteiger partial charge on any atom is 0.129 e. The molecule has 5 heterocycles. The van der Waals surface area contributed by atoms with E-state index in [1.165, 1.54) is 41.6 Å². The molecule has 4 saturated heterocycles. The normalized spacial score (nSPS) is 33.1. The maximum atomic E-state index is 6.07. The number of halogens is 1. The van der Waals surface area contributed by atoms with Gasteiger partial charge in [0.25, 0.3) is 0 Å². The van der Waals surface area contributed by atoms with Crippen molar-refractivity contribution in [2.45, 2.75) is 31.8 Å². The SMILES string of the molecule is Cc1csc2cc(N=C3C[C@@]4(CN5CCC4CC5)ON3)ccc12.Cl. The van der Waals surface area contributed by atoms with E-state index in [0.717, 1.165) is 24.5 Å². The Labute approximate surface area is 152 Å². The Balaban J connectivity index is 0.00000146. The van der Waals surface area contributed by atoms with Crippen LogP contribution in [-0.4, -0.2) is 36.0 Å². The van der Waals surface area contributed by atoms with E-state index in [1.807, 2.05) is 0 Å². The van der Waals surface area contributed by atoms with Crippen molar-refractivity contribution >= 4 is 45.4 Å². The number of piperidine rings is 3. The van der Waals surface area contributed by atoms with Gasteiger partial charge in [-0.1, -0.05) is 6.07 Å². The molecule has 0 aliphatic carbocycles. The van der Waals surface area contributed by atoms with Crippen molar-refractivity contribution in [3.8, 4) is 0 Å². The molecule has 0 unspecified atom stereocenters. The molecule has 4 fully saturated rings. The summed E-state index contributed by atoms with van der Waals surface area (Å²) in [6.07, 6.45) is 3.43. The van der Waals surface area contributed by atoms with Crippen LogP contribution in [0, 0.1) is 12.8 Å². The lowest BCUT2D eigenvalue weighted by atomic mass is 9.74. The quantitative estimate of drug-likeness (QED) is 0.830. The Morgan fingerprint density at radius 2 is 2.17 bits per heavy atom. The molecule has 0 radical (unpaired) electrons. The number of aryl methyl sites for hydroxylation is 1. The Morgan fingerprint density at radius 3 is 2.92 bits per heavy atom.